The van der Waals surface area contributed by atoms with Crippen molar-refractivity contribution in [2.75, 3.05) is 33.2 Å². The molecule has 1 saturated heterocycles. The van der Waals surface area contributed by atoms with E-state index < -0.39 is 5.97 Å². The number of hydrogen-bond donors (Lipinski definition) is 1. The van der Waals surface area contributed by atoms with Gasteiger partial charge in [0, 0.05) is 20.1 Å². The fraction of sp³-hybridized carbons (Fsp3) is 0.833. The number of carbonyl (C=O) groups excluding carboxylic acids is 1. The first-order valence-electron chi connectivity index (χ1n) is 6.23. The maximum atomic E-state index is 11.8. The van der Waals surface area contributed by atoms with E-state index in [9.17, 15) is 9.59 Å². The van der Waals surface area contributed by atoms with Crippen molar-refractivity contribution >= 4 is 11.9 Å². The molecular weight excluding hydrogens is 220 g/mol. The van der Waals surface area contributed by atoms with E-state index in [1.54, 1.807) is 4.90 Å². The number of amides is 1. The Bertz CT molecular complexity index is 281. The molecule has 17 heavy (non-hydrogen) atoms. The van der Waals surface area contributed by atoms with E-state index in [1.807, 2.05) is 11.9 Å². The van der Waals surface area contributed by atoms with Crippen LogP contribution in [0.15, 0.2) is 0 Å². The van der Waals surface area contributed by atoms with Crippen LogP contribution in [-0.4, -0.2) is 60.0 Å². The predicted octanol–water partition coefficient (Wildman–Crippen LogP) is 0.651. The van der Waals surface area contributed by atoms with Crippen LogP contribution >= 0.6 is 0 Å². The first-order valence-corrected chi connectivity index (χ1v) is 6.23. The standard InChI is InChI=1S/C12H22N2O3/c1-3-4-6-13(2)11(15)9-14-7-5-10(8-14)12(16)17/h10H,3-9H2,1-2H3,(H,16,17). The Kier molecular flexibility index (Phi) is 5.41. The van der Waals surface area contributed by atoms with Crippen molar-refractivity contribution < 1.29 is 14.7 Å². The summed E-state index contributed by atoms with van der Waals surface area (Å²) in [6.45, 7) is 4.44. The molecular formula is C12H22N2O3. The summed E-state index contributed by atoms with van der Waals surface area (Å²) in [6.07, 6.45) is 2.74. The van der Waals surface area contributed by atoms with Gasteiger partial charge in [-0.1, -0.05) is 13.3 Å². The summed E-state index contributed by atoms with van der Waals surface area (Å²) in [5.41, 5.74) is 0. The van der Waals surface area contributed by atoms with Gasteiger partial charge in [0.2, 0.25) is 5.91 Å². The van der Waals surface area contributed by atoms with Gasteiger partial charge in [-0.2, -0.15) is 0 Å². The van der Waals surface area contributed by atoms with Crippen LogP contribution in [0.4, 0.5) is 0 Å². The molecule has 5 nitrogen and oxygen atoms in total. The van der Waals surface area contributed by atoms with Crippen LogP contribution in [0.3, 0.4) is 0 Å². The molecule has 1 atom stereocenters. The number of nitrogens with zero attached hydrogens (tertiary/aromatic N) is 2. The van der Waals surface area contributed by atoms with Crippen molar-refractivity contribution in [3.05, 3.63) is 0 Å². The highest BCUT2D eigenvalue weighted by atomic mass is 16.4. The number of carboxylic acid groups (broad SMARTS) is 1. The molecule has 1 aliphatic heterocycles. The Hall–Kier alpha value is -1.10. The topological polar surface area (TPSA) is 60.9 Å². The SMILES string of the molecule is CCCCN(C)C(=O)CN1CCC(C(=O)O)C1. The van der Waals surface area contributed by atoms with E-state index in [4.69, 9.17) is 5.11 Å². The van der Waals surface area contributed by atoms with Crippen molar-refractivity contribution in [3.8, 4) is 0 Å². The van der Waals surface area contributed by atoms with Gasteiger partial charge in [-0.3, -0.25) is 14.5 Å². The molecule has 1 fully saturated rings. The van der Waals surface area contributed by atoms with Crippen LogP contribution in [0, 0.1) is 5.92 Å². The third kappa shape index (κ3) is 4.34. The van der Waals surface area contributed by atoms with Crippen molar-refractivity contribution in [2.45, 2.75) is 26.2 Å². The van der Waals surface area contributed by atoms with Gasteiger partial charge in [0.1, 0.15) is 0 Å². The van der Waals surface area contributed by atoms with Gasteiger partial charge >= 0.3 is 5.97 Å². The summed E-state index contributed by atoms with van der Waals surface area (Å²) in [5.74, 6) is -0.965. The van der Waals surface area contributed by atoms with Crippen molar-refractivity contribution in [1.29, 1.82) is 0 Å². The second-order valence-electron chi connectivity index (χ2n) is 4.73. The summed E-state index contributed by atoms with van der Waals surface area (Å²) < 4.78 is 0. The lowest BCUT2D eigenvalue weighted by atomic mass is 10.1. The lowest BCUT2D eigenvalue weighted by molar-refractivity contribution is -0.141. The minimum absolute atomic E-state index is 0.0875. The third-order valence-corrected chi connectivity index (χ3v) is 3.25. The van der Waals surface area contributed by atoms with Crippen LogP contribution in [-0.2, 0) is 9.59 Å². The molecule has 1 amide bonds. The average molecular weight is 242 g/mol. The number of carbonyl (C=O) groups is 2. The van der Waals surface area contributed by atoms with Gasteiger partial charge in [0.05, 0.1) is 12.5 Å². The van der Waals surface area contributed by atoms with E-state index in [-0.39, 0.29) is 11.8 Å². The van der Waals surface area contributed by atoms with Crippen LogP contribution in [0.5, 0.6) is 0 Å². The molecule has 98 valence electrons. The van der Waals surface area contributed by atoms with E-state index in [0.717, 1.165) is 19.4 Å². The second kappa shape index (κ2) is 6.59. The van der Waals surface area contributed by atoms with E-state index in [2.05, 4.69) is 6.92 Å². The van der Waals surface area contributed by atoms with Gasteiger partial charge in [0.15, 0.2) is 0 Å². The lowest BCUT2D eigenvalue weighted by Crippen LogP contribution is -2.38. The van der Waals surface area contributed by atoms with E-state index >= 15 is 0 Å². The molecule has 0 aliphatic carbocycles. The van der Waals surface area contributed by atoms with Gasteiger partial charge in [-0.15, -0.1) is 0 Å². The predicted molar refractivity (Wildman–Crippen MR) is 64.7 cm³/mol. The monoisotopic (exact) mass is 242 g/mol. The highest BCUT2D eigenvalue weighted by molar-refractivity contribution is 5.78. The number of likely N-dealkylation sites (N-methyl/N-ethyl adjacent to an activating group) is 1. The Morgan fingerprint density at radius 3 is 2.71 bits per heavy atom. The van der Waals surface area contributed by atoms with Crippen LogP contribution in [0.25, 0.3) is 0 Å². The Balaban J connectivity index is 2.30. The third-order valence-electron chi connectivity index (χ3n) is 3.25. The average Bonchev–Trinajstić information content (AvgIpc) is 2.74. The summed E-state index contributed by atoms with van der Waals surface area (Å²) in [4.78, 5) is 26.3. The zero-order valence-electron chi connectivity index (χ0n) is 10.7. The second-order valence-corrected chi connectivity index (χ2v) is 4.73. The molecule has 1 heterocycles. The molecule has 1 rings (SSSR count). The molecule has 0 saturated carbocycles. The van der Waals surface area contributed by atoms with Gasteiger partial charge in [-0.25, -0.2) is 0 Å². The van der Waals surface area contributed by atoms with Gasteiger partial charge in [-0.05, 0) is 19.4 Å². The summed E-state index contributed by atoms with van der Waals surface area (Å²) in [5, 5.41) is 8.87. The zero-order valence-corrected chi connectivity index (χ0v) is 10.7. The molecule has 0 aromatic rings. The number of unbranched alkanes of at least 4 members (excludes halogenated alkanes) is 1. The van der Waals surface area contributed by atoms with Crippen LogP contribution in [0.1, 0.15) is 26.2 Å². The highest BCUT2D eigenvalue weighted by Gasteiger charge is 2.29. The lowest BCUT2D eigenvalue weighted by Gasteiger charge is -2.21. The van der Waals surface area contributed by atoms with Crippen molar-refractivity contribution in [1.82, 2.24) is 9.80 Å². The first-order chi connectivity index (χ1) is 8.04. The largest absolute Gasteiger partial charge is 0.481 e. The molecule has 0 aromatic carbocycles. The molecule has 1 unspecified atom stereocenters. The van der Waals surface area contributed by atoms with Crippen molar-refractivity contribution in [2.24, 2.45) is 5.92 Å². The van der Waals surface area contributed by atoms with E-state index in [1.165, 1.54) is 0 Å². The maximum absolute atomic E-state index is 11.8. The summed E-state index contributed by atoms with van der Waals surface area (Å²) in [7, 11) is 1.81. The molecule has 1 N–H and O–H groups in total. The number of carboxylic acids is 1. The minimum Gasteiger partial charge on any atom is -0.481 e. The number of hydrogen-bond acceptors (Lipinski definition) is 3. The Labute approximate surface area is 102 Å². The van der Waals surface area contributed by atoms with Crippen LogP contribution in [0.2, 0.25) is 0 Å². The van der Waals surface area contributed by atoms with E-state index in [0.29, 0.717) is 26.1 Å². The first kappa shape index (κ1) is 14.0. The molecule has 0 spiro atoms. The number of aliphatic carboxylic acids is 1. The highest BCUT2D eigenvalue weighted by Crippen LogP contribution is 2.15. The van der Waals surface area contributed by atoms with Gasteiger partial charge < -0.3 is 10.0 Å². The Morgan fingerprint density at radius 1 is 1.47 bits per heavy atom. The quantitative estimate of drug-likeness (QED) is 0.743. The minimum atomic E-state index is -0.751. The van der Waals surface area contributed by atoms with Crippen molar-refractivity contribution in [3.63, 3.8) is 0 Å². The zero-order chi connectivity index (χ0) is 12.8. The normalized spacial score (nSPS) is 20.5. The fourth-order valence-corrected chi connectivity index (χ4v) is 2.01. The Morgan fingerprint density at radius 2 is 2.18 bits per heavy atom. The maximum Gasteiger partial charge on any atom is 0.307 e. The van der Waals surface area contributed by atoms with Gasteiger partial charge in [0.25, 0.3) is 0 Å². The molecule has 1 aliphatic rings. The molecule has 5 heteroatoms. The molecule has 0 aromatic heterocycles. The summed E-state index contributed by atoms with van der Waals surface area (Å²) in [6, 6.07) is 0. The number of rotatable bonds is 6. The number of likely N-dealkylation sites (tertiary alicyclic amines) is 1. The smallest absolute Gasteiger partial charge is 0.307 e. The fourth-order valence-electron chi connectivity index (χ4n) is 2.01. The summed E-state index contributed by atoms with van der Waals surface area (Å²) >= 11 is 0. The molecule has 0 radical (unpaired) electrons. The molecule has 0 bridgehead atoms. The van der Waals surface area contributed by atoms with Crippen LogP contribution < -0.4 is 0 Å².